The van der Waals surface area contributed by atoms with E-state index in [1.165, 1.54) is 32.1 Å². The minimum absolute atomic E-state index is 0.146. The van der Waals surface area contributed by atoms with Crippen LogP contribution in [0.15, 0.2) is 0 Å². The first-order valence-corrected chi connectivity index (χ1v) is 9.41. The van der Waals surface area contributed by atoms with Crippen LogP contribution in [0.2, 0.25) is 0 Å². The van der Waals surface area contributed by atoms with Crippen molar-refractivity contribution >= 4 is 10.0 Å². The molecular formula is C14H28N2O2S. The molecule has 112 valence electrons. The zero-order chi connectivity index (χ0) is 13.8. The van der Waals surface area contributed by atoms with Gasteiger partial charge in [-0.05, 0) is 44.1 Å². The molecule has 4 nitrogen and oxygen atoms in total. The number of nitrogens with one attached hydrogen (secondary N) is 2. The Morgan fingerprint density at radius 2 is 1.95 bits per heavy atom. The number of rotatable bonds is 6. The summed E-state index contributed by atoms with van der Waals surface area (Å²) in [5, 5.41) is 3.31. The van der Waals surface area contributed by atoms with Crippen molar-refractivity contribution < 1.29 is 8.42 Å². The summed E-state index contributed by atoms with van der Waals surface area (Å²) in [4.78, 5) is 0. The van der Waals surface area contributed by atoms with Gasteiger partial charge in [0.1, 0.15) is 0 Å². The molecule has 1 unspecified atom stereocenters. The Kier molecular flexibility index (Phi) is 5.26. The second kappa shape index (κ2) is 6.55. The van der Waals surface area contributed by atoms with Gasteiger partial charge in [0.25, 0.3) is 0 Å². The third-order valence-corrected chi connectivity index (χ3v) is 6.34. The lowest BCUT2D eigenvalue weighted by atomic mass is 9.84. The molecule has 0 aromatic heterocycles. The second-order valence-corrected chi connectivity index (χ2v) is 8.16. The Morgan fingerprint density at radius 3 is 2.53 bits per heavy atom. The van der Waals surface area contributed by atoms with Crippen LogP contribution < -0.4 is 10.0 Å². The quantitative estimate of drug-likeness (QED) is 0.786. The van der Waals surface area contributed by atoms with E-state index in [0.717, 1.165) is 25.8 Å². The van der Waals surface area contributed by atoms with Crippen molar-refractivity contribution in [3.05, 3.63) is 0 Å². The van der Waals surface area contributed by atoms with E-state index < -0.39 is 10.0 Å². The summed E-state index contributed by atoms with van der Waals surface area (Å²) in [6.07, 6.45) is 9.23. The average Bonchev–Trinajstić information content (AvgIpc) is 2.87. The molecule has 1 aliphatic heterocycles. The standard InChI is InChI=1S/C14H28N2O2S/c1-2-14(8-4-5-9-14)12-16-19(17,18)11-13-7-3-6-10-15-13/h13,15-16H,2-12H2,1H3. The first kappa shape index (κ1) is 15.3. The lowest BCUT2D eigenvalue weighted by Crippen LogP contribution is -2.44. The van der Waals surface area contributed by atoms with Gasteiger partial charge in [-0.25, -0.2) is 13.1 Å². The van der Waals surface area contributed by atoms with Gasteiger partial charge in [-0.1, -0.05) is 26.2 Å². The van der Waals surface area contributed by atoms with Crippen molar-refractivity contribution in [2.24, 2.45) is 5.41 Å². The highest BCUT2D eigenvalue weighted by Crippen LogP contribution is 2.40. The van der Waals surface area contributed by atoms with Crippen LogP contribution in [0.4, 0.5) is 0 Å². The highest BCUT2D eigenvalue weighted by molar-refractivity contribution is 7.89. The fourth-order valence-electron chi connectivity index (χ4n) is 3.43. The molecule has 2 fully saturated rings. The van der Waals surface area contributed by atoms with E-state index in [2.05, 4.69) is 17.0 Å². The van der Waals surface area contributed by atoms with Gasteiger partial charge in [-0.15, -0.1) is 0 Å². The monoisotopic (exact) mass is 288 g/mol. The molecule has 0 radical (unpaired) electrons. The van der Waals surface area contributed by atoms with Gasteiger partial charge in [0.05, 0.1) is 5.75 Å². The second-order valence-electron chi connectivity index (χ2n) is 6.31. The molecule has 1 heterocycles. The fourth-order valence-corrected chi connectivity index (χ4v) is 4.89. The first-order chi connectivity index (χ1) is 9.05. The predicted octanol–water partition coefficient (Wildman–Crippen LogP) is 2.02. The normalized spacial score (nSPS) is 27.5. The Hall–Kier alpha value is -0.130. The van der Waals surface area contributed by atoms with Crippen LogP contribution in [0.1, 0.15) is 58.3 Å². The first-order valence-electron chi connectivity index (χ1n) is 7.76. The van der Waals surface area contributed by atoms with E-state index in [-0.39, 0.29) is 17.2 Å². The van der Waals surface area contributed by atoms with E-state index >= 15 is 0 Å². The van der Waals surface area contributed by atoms with E-state index in [4.69, 9.17) is 0 Å². The van der Waals surface area contributed by atoms with Gasteiger partial charge in [-0.3, -0.25) is 0 Å². The van der Waals surface area contributed by atoms with Crippen LogP contribution >= 0.6 is 0 Å². The SMILES string of the molecule is CCC1(CNS(=O)(=O)CC2CCCCN2)CCCC1. The summed E-state index contributed by atoms with van der Waals surface area (Å²) in [7, 11) is -3.13. The van der Waals surface area contributed by atoms with Gasteiger partial charge in [0.2, 0.25) is 10.0 Å². The molecule has 0 bridgehead atoms. The molecule has 19 heavy (non-hydrogen) atoms. The summed E-state index contributed by atoms with van der Waals surface area (Å²) in [5.41, 5.74) is 0.229. The molecule has 0 aromatic rings. The summed E-state index contributed by atoms with van der Waals surface area (Å²) in [5.74, 6) is 0.243. The van der Waals surface area contributed by atoms with Crippen LogP contribution in [0, 0.1) is 5.41 Å². The zero-order valence-electron chi connectivity index (χ0n) is 12.1. The van der Waals surface area contributed by atoms with Crippen molar-refractivity contribution in [1.29, 1.82) is 0 Å². The Balaban J connectivity index is 1.83. The molecule has 0 aromatic carbocycles. The molecule has 2 rings (SSSR count). The predicted molar refractivity (Wildman–Crippen MR) is 78.6 cm³/mol. The van der Waals surface area contributed by atoms with Crippen LogP contribution in [-0.2, 0) is 10.0 Å². The highest BCUT2D eigenvalue weighted by Gasteiger charge is 2.33. The van der Waals surface area contributed by atoms with Crippen molar-refractivity contribution in [3.8, 4) is 0 Å². The van der Waals surface area contributed by atoms with Crippen molar-refractivity contribution in [3.63, 3.8) is 0 Å². The van der Waals surface area contributed by atoms with Gasteiger partial charge < -0.3 is 5.32 Å². The third kappa shape index (κ3) is 4.43. The minimum atomic E-state index is -3.13. The number of piperidine rings is 1. The molecule has 5 heteroatoms. The summed E-state index contributed by atoms with van der Waals surface area (Å²) < 4.78 is 27.2. The molecule has 2 aliphatic rings. The summed E-state index contributed by atoms with van der Waals surface area (Å²) >= 11 is 0. The van der Waals surface area contributed by atoms with E-state index in [1.807, 2.05) is 0 Å². The third-order valence-electron chi connectivity index (χ3n) is 4.91. The maximum atomic E-state index is 12.2. The average molecular weight is 288 g/mol. The van der Waals surface area contributed by atoms with Crippen LogP contribution in [0.25, 0.3) is 0 Å². The number of hydrogen-bond acceptors (Lipinski definition) is 3. The molecule has 1 aliphatic carbocycles. The molecule has 2 N–H and O–H groups in total. The Labute approximate surface area is 117 Å². The van der Waals surface area contributed by atoms with Crippen molar-refractivity contribution in [2.75, 3.05) is 18.8 Å². The lowest BCUT2D eigenvalue weighted by Gasteiger charge is -2.29. The molecule has 0 amide bonds. The molecule has 1 atom stereocenters. The molecule has 1 saturated heterocycles. The van der Waals surface area contributed by atoms with Gasteiger partial charge >= 0.3 is 0 Å². The van der Waals surface area contributed by atoms with E-state index in [1.54, 1.807) is 0 Å². The summed E-state index contributed by atoms with van der Waals surface area (Å²) in [6, 6.07) is 0.146. The maximum absolute atomic E-state index is 12.2. The van der Waals surface area contributed by atoms with Crippen LogP contribution in [-0.4, -0.2) is 33.3 Å². The van der Waals surface area contributed by atoms with Crippen LogP contribution in [0.5, 0.6) is 0 Å². The molecule has 1 saturated carbocycles. The zero-order valence-corrected chi connectivity index (χ0v) is 12.9. The minimum Gasteiger partial charge on any atom is -0.313 e. The summed E-state index contributed by atoms with van der Waals surface area (Å²) in [6.45, 7) is 3.78. The Morgan fingerprint density at radius 1 is 1.21 bits per heavy atom. The van der Waals surface area contributed by atoms with Gasteiger partial charge in [-0.2, -0.15) is 0 Å². The largest absolute Gasteiger partial charge is 0.313 e. The highest BCUT2D eigenvalue weighted by atomic mass is 32.2. The van der Waals surface area contributed by atoms with E-state index in [0.29, 0.717) is 6.54 Å². The maximum Gasteiger partial charge on any atom is 0.213 e. The Bertz CT molecular complexity index is 369. The smallest absolute Gasteiger partial charge is 0.213 e. The van der Waals surface area contributed by atoms with Crippen molar-refractivity contribution in [2.45, 2.75) is 64.3 Å². The molecule has 0 spiro atoms. The van der Waals surface area contributed by atoms with Crippen molar-refractivity contribution in [1.82, 2.24) is 10.0 Å². The number of sulfonamides is 1. The van der Waals surface area contributed by atoms with Gasteiger partial charge in [0.15, 0.2) is 0 Å². The fraction of sp³-hybridized carbons (Fsp3) is 1.00. The topological polar surface area (TPSA) is 58.2 Å². The number of hydrogen-bond donors (Lipinski definition) is 2. The van der Waals surface area contributed by atoms with E-state index in [9.17, 15) is 8.42 Å². The molecular weight excluding hydrogens is 260 g/mol. The lowest BCUT2D eigenvalue weighted by molar-refractivity contribution is 0.285. The van der Waals surface area contributed by atoms with Crippen LogP contribution in [0.3, 0.4) is 0 Å². The van der Waals surface area contributed by atoms with Gasteiger partial charge in [0, 0.05) is 12.6 Å².